The Labute approximate surface area is 105 Å². The number of carbonyl (C=O) groups excluding carboxylic acids is 1. The summed E-state index contributed by atoms with van der Waals surface area (Å²) in [6, 6.07) is 5.39. The summed E-state index contributed by atoms with van der Waals surface area (Å²) in [4.78, 5) is 13.5. The zero-order valence-electron chi connectivity index (χ0n) is 10.5. The lowest BCUT2D eigenvalue weighted by atomic mass is 9.95. The Morgan fingerprint density at radius 2 is 2.28 bits per heavy atom. The van der Waals surface area contributed by atoms with Crippen LogP contribution in [0.3, 0.4) is 0 Å². The van der Waals surface area contributed by atoms with Crippen LogP contribution in [0.15, 0.2) is 24.3 Å². The average Bonchev–Trinajstić information content (AvgIpc) is 2.31. The minimum atomic E-state index is -0.685. The fraction of sp³-hybridized carbons (Fsp3) is 0.462. The van der Waals surface area contributed by atoms with Gasteiger partial charge in [-0.05, 0) is 32.0 Å². The molecule has 1 fully saturated rings. The molecule has 0 radical (unpaired) electrons. The maximum absolute atomic E-state index is 13.3. The molecule has 1 saturated heterocycles. The van der Waals surface area contributed by atoms with Crippen LogP contribution >= 0.6 is 0 Å². The zero-order chi connectivity index (χ0) is 13.3. The average molecular weight is 252 g/mol. The van der Waals surface area contributed by atoms with Crippen LogP contribution in [0, 0.1) is 5.82 Å². The topological polar surface area (TPSA) is 52.6 Å². The fourth-order valence-electron chi connectivity index (χ4n) is 2.37. The molecule has 0 aromatic heterocycles. The molecule has 0 bridgehead atoms. The lowest BCUT2D eigenvalue weighted by Gasteiger charge is -2.48. The van der Waals surface area contributed by atoms with Crippen LogP contribution in [-0.4, -0.2) is 35.7 Å². The highest BCUT2D eigenvalue weighted by atomic mass is 19.1. The molecule has 18 heavy (non-hydrogen) atoms. The van der Waals surface area contributed by atoms with Crippen molar-refractivity contribution in [3.05, 3.63) is 30.1 Å². The molecule has 2 rings (SSSR count). The monoisotopic (exact) mass is 252 g/mol. The van der Waals surface area contributed by atoms with Gasteiger partial charge in [0.15, 0.2) is 0 Å². The molecule has 0 aliphatic carbocycles. The highest BCUT2D eigenvalue weighted by Gasteiger charge is 2.40. The number of carbonyl (C=O) groups is 1. The number of rotatable bonds is 2. The van der Waals surface area contributed by atoms with E-state index in [0.29, 0.717) is 12.2 Å². The van der Waals surface area contributed by atoms with Crippen molar-refractivity contribution in [2.45, 2.75) is 25.4 Å². The highest BCUT2D eigenvalue weighted by Crippen LogP contribution is 2.29. The summed E-state index contributed by atoms with van der Waals surface area (Å²) in [5, 5.41) is 12.2. The van der Waals surface area contributed by atoms with Gasteiger partial charge in [-0.2, -0.15) is 0 Å². The van der Waals surface area contributed by atoms with Gasteiger partial charge < -0.3 is 15.3 Å². The smallest absolute Gasteiger partial charge is 0.245 e. The number of aliphatic hydroxyl groups is 1. The molecule has 1 aromatic carbocycles. The molecule has 1 unspecified atom stereocenters. The largest absolute Gasteiger partial charge is 0.394 e. The summed E-state index contributed by atoms with van der Waals surface area (Å²) in [6.07, 6.45) is 0. The van der Waals surface area contributed by atoms with Crippen molar-refractivity contribution in [3.8, 4) is 0 Å². The summed E-state index contributed by atoms with van der Waals surface area (Å²) in [7, 11) is 0. The highest BCUT2D eigenvalue weighted by molar-refractivity contribution is 5.87. The predicted octanol–water partition coefficient (Wildman–Crippen LogP) is 0.901. The second kappa shape index (κ2) is 4.57. The van der Waals surface area contributed by atoms with Crippen LogP contribution in [0.25, 0.3) is 0 Å². The molecular weight excluding hydrogens is 235 g/mol. The van der Waals surface area contributed by atoms with Crippen molar-refractivity contribution in [3.63, 3.8) is 0 Å². The third-order valence-corrected chi connectivity index (χ3v) is 3.22. The molecule has 1 atom stereocenters. The minimum Gasteiger partial charge on any atom is -0.394 e. The Kier molecular flexibility index (Phi) is 3.26. The summed E-state index contributed by atoms with van der Waals surface area (Å²) >= 11 is 0. The third-order valence-electron chi connectivity index (χ3n) is 3.22. The van der Waals surface area contributed by atoms with E-state index in [1.165, 1.54) is 12.1 Å². The van der Waals surface area contributed by atoms with Crippen LogP contribution in [0.4, 0.5) is 10.1 Å². The van der Waals surface area contributed by atoms with E-state index in [2.05, 4.69) is 5.32 Å². The van der Waals surface area contributed by atoms with Gasteiger partial charge in [0.05, 0.1) is 12.1 Å². The number of amides is 1. The third kappa shape index (κ3) is 2.18. The standard InChI is InChI=1S/C13H17FN2O2/c1-13(2)8-15-12(18)11(7-17)16(13)10-5-3-4-9(14)6-10/h3-6,11,17H,7-8H2,1-2H3,(H,15,18). The maximum Gasteiger partial charge on any atom is 0.245 e. The lowest BCUT2D eigenvalue weighted by Crippen LogP contribution is -2.67. The quantitative estimate of drug-likeness (QED) is 0.822. The number of piperazine rings is 1. The Hall–Kier alpha value is -1.62. The van der Waals surface area contributed by atoms with Crippen LogP contribution in [-0.2, 0) is 4.79 Å². The van der Waals surface area contributed by atoms with Gasteiger partial charge in [-0.3, -0.25) is 4.79 Å². The number of nitrogens with one attached hydrogen (secondary N) is 1. The number of halogens is 1. The summed E-state index contributed by atoms with van der Waals surface area (Å²) in [5.41, 5.74) is 0.226. The van der Waals surface area contributed by atoms with Gasteiger partial charge in [-0.25, -0.2) is 4.39 Å². The van der Waals surface area contributed by atoms with Crippen molar-refractivity contribution in [2.24, 2.45) is 0 Å². The number of benzene rings is 1. The van der Waals surface area contributed by atoms with Crippen LogP contribution in [0.5, 0.6) is 0 Å². The van der Waals surface area contributed by atoms with Crippen LogP contribution < -0.4 is 10.2 Å². The molecule has 4 nitrogen and oxygen atoms in total. The second-order valence-corrected chi connectivity index (χ2v) is 5.08. The van der Waals surface area contributed by atoms with E-state index < -0.39 is 6.04 Å². The Morgan fingerprint density at radius 3 is 2.89 bits per heavy atom. The first-order valence-electron chi connectivity index (χ1n) is 5.89. The van der Waals surface area contributed by atoms with E-state index in [4.69, 9.17) is 0 Å². The van der Waals surface area contributed by atoms with Crippen molar-refractivity contribution in [1.29, 1.82) is 0 Å². The van der Waals surface area contributed by atoms with Gasteiger partial charge in [0, 0.05) is 12.2 Å². The Bertz CT molecular complexity index is 462. The van der Waals surface area contributed by atoms with Gasteiger partial charge in [-0.1, -0.05) is 6.07 Å². The van der Waals surface area contributed by atoms with Crippen LogP contribution in [0.2, 0.25) is 0 Å². The summed E-state index contributed by atoms with van der Waals surface area (Å²) < 4.78 is 13.3. The zero-order valence-corrected chi connectivity index (χ0v) is 10.5. The second-order valence-electron chi connectivity index (χ2n) is 5.08. The number of nitrogens with zero attached hydrogens (tertiary/aromatic N) is 1. The number of aliphatic hydroxyl groups excluding tert-OH is 1. The van der Waals surface area contributed by atoms with E-state index in [1.807, 2.05) is 13.8 Å². The molecule has 1 heterocycles. The minimum absolute atomic E-state index is 0.235. The molecule has 2 N–H and O–H groups in total. The molecule has 0 spiro atoms. The lowest BCUT2D eigenvalue weighted by molar-refractivity contribution is -0.125. The van der Waals surface area contributed by atoms with E-state index in [1.54, 1.807) is 17.0 Å². The van der Waals surface area contributed by atoms with Gasteiger partial charge >= 0.3 is 0 Å². The molecule has 98 valence electrons. The molecular formula is C13H17FN2O2. The Balaban J connectivity index is 2.44. The number of hydrogen-bond acceptors (Lipinski definition) is 3. The first-order chi connectivity index (χ1) is 8.45. The fourth-order valence-corrected chi connectivity index (χ4v) is 2.37. The van der Waals surface area contributed by atoms with Gasteiger partial charge in [0.2, 0.25) is 5.91 Å². The molecule has 1 aliphatic heterocycles. The van der Waals surface area contributed by atoms with Gasteiger partial charge in [-0.15, -0.1) is 0 Å². The molecule has 5 heteroatoms. The van der Waals surface area contributed by atoms with Crippen molar-refractivity contribution in [1.82, 2.24) is 5.32 Å². The van der Waals surface area contributed by atoms with E-state index in [0.717, 1.165) is 0 Å². The predicted molar refractivity (Wildman–Crippen MR) is 66.8 cm³/mol. The van der Waals surface area contributed by atoms with E-state index in [9.17, 15) is 14.3 Å². The Morgan fingerprint density at radius 1 is 1.56 bits per heavy atom. The first kappa shape index (κ1) is 12.8. The summed E-state index contributed by atoms with van der Waals surface area (Å²) in [6.45, 7) is 4.05. The maximum atomic E-state index is 13.3. The molecule has 1 aliphatic rings. The van der Waals surface area contributed by atoms with Crippen molar-refractivity contribution < 1.29 is 14.3 Å². The van der Waals surface area contributed by atoms with Gasteiger partial charge in [0.25, 0.3) is 0 Å². The van der Waals surface area contributed by atoms with Crippen LogP contribution in [0.1, 0.15) is 13.8 Å². The number of anilines is 1. The summed E-state index contributed by atoms with van der Waals surface area (Å²) in [5.74, 6) is -0.591. The van der Waals surface area contributed by atoms with Crippen molar-refractivity contribution in [2.75, 3.05) is 18.1 Å². The molecule has 1 amide bonds. The van der Waals surface area contributed by atoms with E-state index in [-0.39, 0.29) is 23.9 Å². The normalized spacial score (nSPS) is 22.8. The first-order valence-corrected chi connectivity index (χ1v) is 5.89. The van der Waals surface area contributed by atoms with E-state index >= 15 is 0 Å². The molecule has 0 saturated carbocycles. The van der Waals surface area contributed by atoms with Gasteiger partial charge in [0.1, 0.15) is 11.9 Å². The molecule has 1 aromatic rings. The van der Waals surface area contributed by atoms with Crippen molar-refractivity contribution >= 4 is 11.6 Å². The number of hydrogen-bond donors (Lipinski definition) is 2. The SMILES string of the molecule is CC1(C)CNC(=O)C(CO)N1c1cccc(F)c1.